The van der Waals surface area contributed by atoms with Crippen molar-refractivity contribution in [3.05, 3.63) is 64.9 Å². The predicted molar refractivity (Wildman–Crippen MR) is 137 cm³/mol. The summed E-state index contributed by atoms with van der Waals surface area (Å²) >= 11 is 0. The van der Waals surface area contributed by atoms with E-state index in [1.807, 2.05) is 24.3 Å². The highest BCUT2D eigenvalue weighted by atomic mass is 19.3. The summed E-state index contributed by atoms with van der Waals surface area (Å²) in [4.78, 5) is 6.69. The quantitative estimate of drug-likeness (QED) is 0.327. The van der Waals surface area contributed by atoms with Crippen molar-refractivity contribution in [2.45, 2.75) is 50.2 Å². The number of aliphatic hydroxyl groups is 1. The van der Waals surface area contributed by atoms with Gasteiger partial charge in [0.2, 0.25) is 0 Å². The van der Waals surface area contributed by atoms with Crippen molar-refractivity contribution in [2.75, 3.05) is 44.8 Å². The van der Waals surface area contributed by atoms with Crippen LogP contribution in [0.1, 0.15) is 43.1 Å². The number of rotatable bonds is 9. The third-order valence-electron chi connectivity index (χ3n) is 7.74. The Hall–Kier alpha value is -2.69. The zero-order chi connectivity index (χ0) is 27.2. The monoisotopic (exact) mass is 536 g/mol. The Morgan fingerprint density at radius 2 is 1.82 bits per heavy atom. The van der Waals surface area contributed by atoms with E-state index in [9.17, 15) is 18.3 Å². The Morgan fingerprint density at radius 3 is 2.47 bits per heavy atom. The molecule has 1 fully saturated rings. The van der Waals surface area contributed by atoms with E-state index in [-0.39, 0.29) is 24.0 Å². The van der Waals surface area contributed by atoms with E-state index in [2.05, 4.69) is 15.2 Å². The molecule has 38 heavy (non-hydrogen) atoms. The maximum absolute atomic E-state index is 15.8. The van der Waals surface area contributed by atoms with Gasteiger partial charge in [-0.15, -0.1) is 0 Å². The third-order valence-corrected chi connectivity index (χ3v) is 7.74. The molecule has 0 radical (unpaired) electrons. The first-order valence-electron chi connectivity index (χ1n) is 12.9. The smallest absolute Gasteiger partial charge is 0.283 e. The van der Waals surface area contributed by atoms with Gasteiger partial charge in [-0.25, -0.2) is 17.6 Å². The summed E-state index contributed by atoms with van der Waals surface area (Å²) in [5.74, 6) is -5.15. The van der Waals surface area contributed by atoms with E-state index in [0.717, 1.165) is 16.5 Å². The van der Waals surface area contributed by atoms with Crippen LogP contribution < -0.4 is 5.32 Å². The molecule has 1 saturated heterocycles. The van der Waals surface area contributed by atoms with Crippen LogP contribution in [0.15, 0.2) is 36.4 Å². The van der Waals surface area contributed by atoms with Crippen LogP contribution in [0.5, 0.6) is 0 Å². The van der Waals surface area contributed by atoms with Gasteiger partial charge in [-0.05, 0) is 50.5 Å². The van der Waals surface area contributed by atoms with Crippen LogP contribution in [0.4, 0.5) is 27.6 Å². The third kappa shape index (κ3) is 5.01. The van der Waals surface area contributed by atoms with Crippen molar-refractivity contribution in [3.8, 4) is 0 Å². The number of aromatic nitrogens is 1. The summed E-state index contributed by atoms with van der Waals surface area (Å²) in [5.41, 5.74) is 1.12. The summed E-state index contributed by atoms with van der Waals surface area (Å²) in [6.07, 6.45) is 0.831. The molecule has 3 N–H and O–H groups in total. The minimum atomic E-state index is -3.47. The molecule has 0 saturated carbocycles. The van der Waals surface area contributed by atoms with Gasteiger partial charge in [0.05, 0.1) is 25.3 Å². The Morgan fingerprint density at radius 1 is 1.13 bits per heavy atom. The normalized spacial score (nSPS) is 20.5. The topological polar surface area (TPSA) is 54.5 Å². The van der Waals surface area contributed by atoms with E-state index in [0.29, 0.717) is 38.2 Å². The van der Waals surface area contributed by atoms with E-state index < -0.39 is 42.3 Å². The van der Waals surface area contributed by atoms with Gasteiger partial charge < -0.3 is 15.4 Å². The highest BCUT2D eigenvalue weighted by Crippen LogP contribution is 2.47. The number of fused-ring (bicyclic) bond motifs is 3. The first kappa shape index (κ1) is 26.9. The lowest BCUT2D eigenvalue weighted by Crippen LogP contribution is -2.56. The van der Waals surface area contributed by atoms with E-state index in [1.54, 1.807) is 13.8 Å². The molecular weight excluding hydrogens is 503 g/mol. The molecular formula is C28H33F5N4O. The summed E-state index contributed by atoms with van der Waals surface area (Å²) in [5, 5.41) is 13.3. The number of para-hydroxylation sites is 1. The van der Waals surface area contributed by atoms with Crippen LogP contribution in [0.3, 0.4) is 0 Å². The van der Waals surface area contributed by atoms with Crippen LogP contribution in [0, 0.1) is 11.6 Å². The number of hydrogen-bond donors (Lipinski definition) is 3. The molecule has 0 aliphatic carbocycles. The lowest BCUT2D eigenvalue weighted by atomic mass is 9.81. The molecule has 2 aliphatic heterocycles. The number of aromatic amines is 1. The first-order valence-corrected chi connectivity index (χ1v) is 12.9. The molecule has 2 aliphatic rings. The number of nitrogens with zero attached hydrogens (tertiary/aromatic N) is 2. The second-order valence-electron chi connectivity index (χ2n) is 11.1. The molecule has 3 aromatic rings. The molecule has 5 nitrogen and oxygen atoms in total. The van der Waals surface area contributed by atoms with Gasteiger partial charge in [0.25, 0.3) is 5.92 Å². The maximum Gasteiger partial charge on any atom is 0.283 e. The molecule has 5 rings (SSSR count). The van der Waals surface area contributed by atoms with Crippen LogP contribution in [-0.4, -0.2) is 76.9 Å². The van der Waals surface area contributed by atoms with Crippen LogP contribution in [-0.2, 0) is 6.42 Å². The standard InChI is InChI=1S/C28H33F5N4O/c1-27(2)12-20-19-6-3-4-7-23(19)35-25(20)26(37(27)15-28(32,33)16-38)24-21(30)10-17(11-22(24)31)34-18-13-36(14-18)9-5-8-29/h3-4,6-7,10-11,18,26,34-35,38H,5,8-9,12-16H2,1-2H3/t26-/m0/s1. The number of nitrogens with one attached hydrogen (secondary N) is 2. The van der Waals surface area contributed by atoms with Gasteiger partial charge in [0, 0.05) is 53.0 Å². The Balaban J connectivity index is 1.53. The second-order valence-corrected chi connectivity index (χ2v) is 11.1. The summed E-state index contributed by atoms with van der Waals surface area (Å²) in [7, 11) is 0. The zero-order valence-electron chi connectivity index (χ0n) is 21.5. The van der Waals surface area contributed by atoms with Crippen LogP contribution in [0.25, 0.3) is 10.9 Å². The predicted octanol–water partition coefficient (Wildman–Crippen LogP) is 5.26. The maximum atomic E-state index is 15.8. The lowest BCUT2D eigenvalue weighted by Gasteiger charge is -2.48. The van der Waals surface area contributed by atoms with Crippen molar-refractivity contribution in [1.29, 1.82) is 0 Å². The highest BCUT2D eigenvalue weighted by Gasteiger charge is 2.48. The van der Waals surface area contributed by atoms with E-state index >= 15 is 8.78 Å². The first-order chi connectivity index (χ1) is 18.0. The van der Waals surface area contributed by atoms with Crippen LogP contribution in [0.2, 0.25) is 0 Å². The van der Waals surface area contributed by atoms with Gasteiger partial charge in [-0.1, -0.05) is 18.2 Å². The average molecular weight is 537 g/mol. The molecule has 10 heteroatoms. The molecule has 0 bridgehead atoms. The van der Waals surface area contributed by atoms with E-state index in [4.69, 9.17) is 0 Å². The fourth-order valence-electron chi connectivity index (χ4n) is 5.88. The van der Waals surface area contributed by atoms with Gasteiger partial charge in [-0.2, -0.15) is 0 Å². The van der Waals surface area contributed by atoms with Crippen LogP contribution >= 0.6 is 0 Å². The van der Waals surface area contributed by atoms with Crippen molar-refractivity contribution in [3.63, 3.8) is 0 Å². The molecule has 206 valence electrons. The number of H-pyrrole nitrogens is 1. The van der Waals surface area contributed by atoms with Gasteiger partial charge in [0.15, 0.2) is 0 Å². The highest BCUT2D eigenvalue weighted by molar-refractivity contribution is 5.85. The number of alkyl halides is 3. The number of aliphatic hydroxyl groups excluding tert-OH is 1. The minimum absolute atomic E-state index is 0.0204. The lowest BCUT2D eigenvalue weighted by molar-refractivity contribution is -0.100. The number of likely N-dealkylation sites (tertiary alicyclic amines) is 1. The summed E-state index contributed by atoms with van der Waals surface area (Å²) in [6.45, 7) is 2.84. The van der Waals surface area contributed by atoms with Crippen molar-refractivity contribution in [2.24, 2.45) is 0 Å². The van der Waals surface area contributed by atoms with Gasteiger partial charge >= 0.3 is 0 Å². The molecule has 0 spiro atoms. The van der Waals surface area contributed by atoms with E-state index in [1.165, 1.54) is 17.0 Å². The number of benzene rings is 2. The van der Waals surface area contributed by atoms with Crippen molar-refractivity contribution < 1.29 is 27.1 Å². The fourth-order valence-corrected chi connectivity index (χ4v) is 5.88. The Labute approximate surface area is 218 Å². The molecule has 0 amide bonds. The largest absolute Gasteiger partial charge is 0.390 e. The number of halogens is 5. The SMILES string of the molecule is CC1(C)Cc2c([nH]c3ccccc23)[C@H](c2c(F)cc(NC3CN(CCCF)C3)cc2F)N1CC(F)(F)CO. The zero-order valence-corrected chi connectivity index (χ0v) is 21.5. The van der Waals surface area contributed by atoms with Gasteiger partial charge in [0.1, 0.15) is 18.2 Å². The summed E-state index contributed by atoms with van der Waals surface area (Å²) in [6, 6.07) is 8.68. The van der Waals surface area contributed by atoms with Gasteiger partial charge in [-0.3, -0.25) is 14.2 Å². The molecule has 0 unspecified atom stereocenters. The Kier molecular flexibility index (Phi) is 7.17. The Bertz CT molecular complexity index is 1280. The number of hydrogen-bond acceptors (Lipinski definition) is 4. The molecule has 2 aromatic carbocycles. The molecule has 1 atom stereocenters. The molecule has 1 aromatic heterocycles. The second kappa shape index (κ2) is 10.1. The summed E-state index contributed by atoms with van der Waals surface area (Å²) < 4.78 is 73.2. The average Bonchev–Trinajstić information content (AvgIpc) is 3.19. The van der Waals surface area contributed by atoms with Crippen molar-refractivity contribution in [1.82, 2.24) is 14.8 Å². The minimum Gasteiger partial charge on any atom is -0.390 e. The molecule has 3 heterocycles. The number of anilines is 1. The van der Waals surface area contributed by atoms with Crippen molar-refractivity contribution >= 4 is 16.6 Å². The fraction of sp³-hybridized carbons (Fsp3) is 0.500.